The Morgan fingerprint density at radius 3 is 2.68 bits per heavy atom. The first-order valence-electron chi connectivity index (χ1n) is 8.16. The van der Waals surface area contributed by atoms with E-state index >= 15 is 0 Å². The van der Waals surface area contributed by atoms with E-state index in [0.717, 1.165) is 18.2 Å². The highest BCUT2D eigenvalue weighted by molar-refractivity contribution is 9.10. The van der Waals surface area contributed by atoms with Crippen molar-refractivity contribution < 1.29 is 18.8 Å². The maximum Gasteiger partial charge on any atom is 0.271 e. The van der Waals surface area contributed by atoms with E-state index in [9.17, 15) is 19.3 Å². The number of nitro groups is 1. The molecule has 0 saturated heterocycles. The Kier molecular flexibility index (Phi) is 7.41. The topological polar surface area (TPSA) is 93.5 Å². The molecule has 0 unspecified atom stereocenters. The monoisotopic (exact) mass is 469 g/mol. The van der Waals surface area contributed by atoms with Gasteiger partial charge in [-0.2, -0.15) is 0 Å². The largest absolute Gasteiger partial charge is 0.492 e. The molecule has 10 heteroatoms. The van der Waals surface area contributed by atoms with Crippen molar-refractivity contribution in [3.8, 4) is 5.75 Å². The van der Waals surface area contributed by atoms with Crippen molar-refractivity contribution in [1.82, 2.24) is 5.32 Å². The van der Waals surface area contributed by atoms with Gasteiger partial charge in [0.25, 0.3) is 11.6 Å². The Bertz CT molecular complexity index is 924. The number of anilines is 1. The van der Waals surface area contributed by atoms with E-state index in [4.69, 9.17) is 17.0 Å². The number of hydrogen-bond acceptors (Lipinski definition) is 5. The lowest BCUT2D eigenvalue weighted by Crippen LogP contribution is -2.34. The molecule has 0 aliphatic heterocycles. The molecular formula is C18H17BrFN3O4S. The van der Waals surface area contributed by atoms with E-state index in [1.54, 1.807) is 18.2 Å². The Morgan fingerprint density at radius 2 is 2.04 bits per heavy atom. The maximum atomic E-state index is 13.9. The standard InChI is InChI=1S/C18H17BrFN3O4S/c1-10(2)9-27-16-6-3-11(19)7-13(16)17(24)22-18(28)21-15-8-12(23(25)26)4-5-14(15)20/h3-8,10H,9H2,1-2H3,(H2,21,22,24,28). The van der Waals surface area contributed by atoms with Crippen LogP contribution in [0.15, 0.2) is 40.9 Å². The van der Waals surface area contributed by atoms with Crippen LogP contribution in [0.3, 0.4) is 0 Å². The van der Waals surface area contributed by atoms with Crippen molar-refractivity contribution in [2.75, 3.05) is 11.9 Å². The Hall–Kier alpha value is -2.59. The molecule has 0 spiro atoms. The number of carbonyl (C=O) groups excluding carboxylic acids is 1. The zero-order valence-corrected chi connectivity index (χ0v) is 17.4. The van der Waals surface area contributed by atoms with Gasteiger partial charge < -0.3 is 10.1 Å². The van der Waals surface area contributed by atoms with Crippen LogP contribution in [-0.2, 0) is 0 Å². The van der Waals surface area contributed by atoms with Gasteiger partial charge in [0.2, 0.25) is 0 Å². The number of carbonyl (C=O) groups is 1. The number of halogens is 2. The van der Waals surface area contributed by atoms with E-state index in [2.05, 4.69) is 26.6 Å². The van der Waals surface area contributed by atoms with Crippen molar-refractivity contribution >= 4 is 50.5 Å². The molecule has 0 atom stereocenters. The smallest absolute Gasteiger partial charge is 0.271 e. The average Bonchev–Trinajstić information content (AvgIpc) is 2.62. The van der Waals surface area contributed by atoms with Gasteiger partial charge in [-0.25, -0.2) is 4.39 Å². The second-order valence-corrected chi connectivity index (χ2v) is 7.50. The van der Waals surface area contributed by atoms with E-state index in [-0.39, 0.29) is 28.0 Å². The highest BCUT2D eigenvalue weighted by Gasteiger charge is 2.17. The zero-order valence-electron chi connectivity index (χ0n) is 15.0. The van der Waals surface area contributed by atoms with Gasteiger partial charge in [0, 0.05) is 16.6 Å². The summed E-state index contributed by atoms with van der Waals surface area (Å²) in [4.78, 5) is 22.7. The van der Waals surface area contributed by atoms with E-state index in [1.165, 1.54) is 0 Å². The third-order valence-electron chi connectivity index (χ3n) is 3.39. The van der Waals surface area contributed by atoms with Crippen LogP contribution in [0.2, 0.25) is 0 Å². The molecule has 0 fully saturated rings. The van der Waals surface area contributed by atoms with Crippen LogP contribution in [0.5, 0.6) is 5.75 Å². The first kappa shape index (κ1) is 21.7. The van der Waals surface area contributed by atoms with Crippen molar-refractivity contribution in [3.05, 3.63) is 62.4 Å². The number of nitrogens with zero attached hydrogens (tertiary/aromatic N) is 1. The first-order valence-corrected chi connectivity index (χ1v) is 9.36. The van der Waals surface area contributed by atoms with E-state index < -0.39 is 16.6 Å². The van der Waals surface area contributed by atoms with Crippen LogP contribution in [0, 0.1) is 21.8 Å². The van der Waals surface area contributed by atoms with Crippen LogP contribution < -0.4 is 15.4 Å². The fraction of sp³-hybridized carbons (Fsp3) is 0.222. The second kappa shape index (κ2) is 9.56. The normalized spacial score (nSPS) is 10.5. The predicted octanol–water partition coefficient (Wildman–Crippen LogP) is 4.66. The predicted molar refractivity (Wildman–Crippen MR) is 111 cm³/mol. The highest BCUT2D eigenvalue weighted by atomic mass is 79.9. The van der Waals surface area contributed by atoms with Crippen LogP contribution in [0.1, 0.15) is 24.2 Å². The average molecular weight is 470 g/mol. The van der Waals surface area contributed by atoms with Gasteiger partial charge >= 0.3 is 0 Å². The SMILES string of the molecule is CC(C)COc1ccc(Br)cc1C(=O)NC(=S)Nc1cc([N+](=O)[O-])ccc1F. The van der Waals surface area contributed by atoms with Crippen molar-refractivity contribution in [1.29, 1.82) is 0 Å². The quantitative estimate of drug-likeness (QED) is 0.363. The van der Waals surface area contributed by atoms with E-state index in [1.807, 2.05) is 13.8 Å². The molecule has 0 bridgehead atoms. The summed E-state index contributed by atoms with van der Waals surface area (Å²) in [7, 11) is 0. The third-order valence-corrected chi connectivity index (χ3v) is 4.09. The van der Waals surface area contributed by atoms with Gasteiger partial charge in [-0.05, 0) is 42.4 Å². The molecular weight excluding hydrogens is 453 g/mol. The summed E-state index contributed by atoms with van der Waals surface area (Å²) < 4.78 is 20.2. The van der Waals surface area contributed by atoms with Gasteiger partial charge in [-0.3, -0.25) is 20.2 Å². The van der Waals surface area contributed by atoms with Gasteiger partial charge in [0.15, 0.2) is 5.11 Å². The molecule has 1 amide bonds. The Labute approximate surface area is 174 Å². The van der Waals surface area contributed by atoms with Crippen LogP contribution in [-0.4, -0.2) is 22.5 Å². The van der Waals surface area contributed by atoms with Crippen LogP contribution in [0.4, 0.5) is 15.8 Å². The summed E-state index contributed by atoms with van der Waals surface area (Å²) in [5, 5.41) is 15.5. The van der Waals surface area contributed by atoms with Gasteiger partial charge in [0.05, 0.1) is 22.8 Å². The number of benzene rings is 2. The maximum absolute atomic E-state index is 13.9. The minimum Gasteiger partial charge on any atom is -0.492 e. The third kappa shape index (κ3) is 5.96. The molecule has 2 N–H and O–H groups in total. The van der Waals surface area contributed by atoms with Crippen molar-refractivity contribution in [3.63, 3.8) is 0 Å². The molecule has 28 heavy (non-hydrogen) atoms. The minimum atomic E-state index is -0.745. The molecule has 2 aromatic carbocycles. The molecule has 0 aromatic heterocycles. The summed E-state index contributed by atoms with van der Waals surface area (Å²) in [6.07, 6.45) is 0. The fourth-order valence-corrected chi connectivity index (χ4v) is 2.67. The highest BCUT2D eigenvalue weighted by Crippen LogP contribution is 2.24. The molecule has 148 valence electrons. The lowest BCUT2D eigenvalue weighted by atomic mass is 10.2. The number of nitro benzene ring substituents is 1. The molecule has 2 rings (SSSR count). The van der Waals surface area contributed by atoms with Gasteiger partial charge in [-0.1, -0.05) is 29.8 Å². The lowest BCUT2D eigenvalue weighted by Gasteiger charge is -2.14. The number of amides is 1. The first-order chi connectivity index (χ1) is 13.2. The van der Waals surface area contributed by atoms with Crippen LogP contribution in [0.25, 0.3) is 0 Å². The number of hydrogen-bond donors (Lipinski definition) is 2. The molecule has 0 radical (unpaired) electrons. The zero-order chi connectivity index (χ0) is 20.8. The number of ether oxygens (including phenoxy) is 1. The number of non-ortho nitro benzene ring substituents is 1. The molecule has 0 aliphatic carbocycles. The van der Waals surface area contributed by atoms with Gasteiger partial charge in [-0.15, -0.1) is 0 Å². The Morgan fingerprint density at radius 1 is 1.32 bits per heavy atom. The van der Waals surface area contributed by atoms with Crippen molar-refractivity contribution in [2.45, 2.75) is 13.8 Å². The minimum absolute atomic E-state index is 0.209. The summed E-state index contributed by atoms with van der Waals surface area (Å²) in [5.74, 6) is -0.674. The number of thiocarbonyl (C=S) groups is 1. The van der Waals surface area contributed by atoms with Crippen LogP contribution >= 0.6 is 28.1 Å². The summed E-state index contributed by atoms with van der Waals surface area (Å²) in [5.41, 5.74) is -0.293. The van der Waals surface area contributed by atoms with Crippen molar-refractivity contribution in [2.24, 2.45) is 5.92 Å². The molecule has 0 heterocycles. The lowest BCUT2D eigenvalue weighted by molar-refractivity contribution is -0.384. The molecule has 7 nitrogen and oxygen atoms in total. The fourth-order valence-electron chi connectivity index (χ4n) is 2.11. The summed E-state index contributed by atoms with van der Waals surface area (Å²) >= 11 is 8.33. The summed E-state index contributed by atoms with van der Waals surface area (Å²) in [6.45, 7) is 4.37. The number of nitrogens with one attached hydrogen (secondary N) is 2. The summed E-state index contributed by atoms with van der Waals surface area (Å²) in [6, 6.07) is 7.92. The molecule has 2 aromatic rings. The molecule has 0 saturated carbocycles. The molecule has 0 aliphatic rings. The number of rotatable bonds is 6. The second-order valence-electron chi connectivity index (χ2n) is 6.17. The van der Waals surface area contributed by atoms with E-state index in [0.29, 0.717) is 16.8 Å². The van der Waals surface area contributed by atoms with Gasteiger partial charge in [0.1, 0.15) is 11.6 Å². The Balaban J connectivity index is 2.15.